The van der Waals surface area contributed by atoms with E-state index in [1.165, 1.54) is 43.6 Å². The number of rotatable bonds is 3. The first kappa shape index (κ1) is 12.7. The lowest BCUT2D eigenvalue weighted by atomic mass is 9.76. The predicted octanol–water partition coefficient (Wildman–Crippen LogP) is 2.33. The maximum absolute atomic E-state index is 6.57. The van der Waals surface area contributed by atoms with Crippen LogP contribution in [-0.2, 0) is 0 Å². The normalized spacial score (nSPS) is 40.5. The van der Waals surface area contributed by atoms with E-state index in [-0.39, 0.29) is 5.54 Å². The van der Waals surface area contributed by atoms with Gasteiger partial charge in [-0.2, -0.15) is 11.8 Å². The zero-order valence-corrected chi connectivity index (χ0v) is 11.6. The molecule has 0 amide bonds. The van der Waals surface area contributed by atoms with Crippen LogP contribution in [0.15, 0.2) is 0 Å². The average molecular weight is 242 g/mol. The van der Waals surface area contributed by atoms with E-state index in [0.29, 0.717) is 0 Å². The molecule has 1 aliphatic heterocycles. The van der Waals surface area contributed by atoms with Gasteiger partial charge in [0.25, 0.3) is 0 Å². The number of hydrogen-bond acceptors (Lipinski definition) is 3. The Bertz CT molecular complexity index is 228. The highest BCUT2D eigenvalue weighted by Crippen LogP contribution is 2.32. The van der Waals surface area contributed by atoms with Crippen molar-refractivity contribution < 1.29 is 0 Å². The molecule has 0 aromatic heterocycles. The van der Waals surface area contributed by atoms with Crippen molar-refractivity contribution in [3.05, 3.63) is 0 Å². The van der Waals surface area contributed by atoms with Gasteiger partial charge in [0, 0.05) is 23.9 Å². The van der Waals surface area contributed by atoms with Gasteiger partial charge in [-0.1, -0.05) is 19.8 Å². The molecule has 2 nitrogen and oxygen atoms in total. The lowest BCUT2D eigenvalue weighted by Gasteiger charge is -2.41. The van der Waals surface area contributed by atoms with Crippen molar-refractivity contribution in [2.75, 3.05) is 25.1 Å². The Labute approximate surface area is 104 Å². The predicted molar refractivity (Wildman–Crippen MR) is 72.9 cm³/mol. The number of nitrogens with two attached hydrogens (primary N) is 1. The largest absolute Gasteiger partial charge is 0.324 e. The third-order valence-electron chi connectivity index (χ3n) is 4.22. The van der Waals surface area contributed by atoms with Gasteiger partial charge in [-0.25, -0.2) is 0 Å². The van der Waals surface area contributed by atoms with E-state index >= 15 is 0 Å². The monoisotopic (exact) mass is 242 g/mol. The molecule has 3 heteroatoms. The van der Waals surface area contributed by atoms with Crippen molar-refractivity contribution in [3.8, 4) is 0 Å². The molecule has 3 atom stereocenters. The van der Waals surface area contributed by atoms with Gasteiger partial charge in [0.2, 0.25) is 0 Å². The summed E-state index contributed by atoms with van der Waals surface area (Å²) >= 11 is 2.09. The zero-order chi connectivity index (χ0) is 11.6. The summed E-state index contributed by atoms with van der Waals surface area (Å²) in [4.78, 5) is 2.53. The van der Waals surface area contributed by atoms with Crippen LogP contribution in [0.25, 0.3) is 0 Å². The van der Waals surface area contributed by atoms with Crippen molar-refractivity contribution >= 4 is 11.8 Å². The molecule has 2 rings (SSSR count). The molecule has 2 aliphatic rings. The van der Waals surface area contributed by atoms with E-state index in [1.807, 2.05) is 0 Å². The molecule has 1 saturated heterocycles. The molecular weight excluding hydrogens is 216 g/mol. The average Bonchev–Trinajstić information content (AvgIpc) is 2.68. The maximum Gasteiger partial charge on any atom is 0.0285 e. The van der Waals surface area contributed by atoms with Crippen molar-refractivity contribution in [3.63, 3.8) is 0 Å². The molecule has 1 aliphatic carbocycles. The fourth-order valence-corrected chi connectivity index (χ4v) is 4.64. The third-order valence-corrected chi connectivity index (χ3v) is 5.36. The molecule has 3 unspecified atom stereocenters. The standard InChI is InChI=1S/C13H26N2S/c1-11-4-3-6-13(14,8-11)10-15(2)12-5-7-16-9-12/h11-12H,3-10,14H2,1-2H3. The Kier molecular flexibility index (Phi) is 4.20. The third kappa shape index (κ3) is 3.14. The van der Waals surface area contributed by atoms with E-state index in [1.54, 1.807) is 0 Å². The minimum absolute atomic E-state index is 0.0969. The molecule has 0 radical (unpaired) electrons. The van der Waals surface area contributed by atoms with Crippen molar-refractivity contribution in [2.24, 2.45) is 11.7 Å². The molecule has 1 heterocycles. The SMILES string of the molecule is CC1CCCC(N)(CN(C)C2CCSC2)C1. The molecule has 0 spiro atoms. The number of likely N-dealkylation sites (N-methyl/N-ethyl adjacent to an activating group) is 1. The van der Waals surface area contributed by atoms with Crippen LogP contribution in [0.1, 0.15) is 39.0 Å². The van der Waals surface area contributed by atoms with E-state index in [4.69, 9.17) is 5.73 Å². The summed E-state index contributed by atoms with van der Waals surface area (Å²) in [5.74, 6) is 3.47. The summed E-state index contributed by atoms with van der Waals surface area (Å²) in [6.07, 6.45) is 6.50. The summed E-state index contributed by atoms with van der Waals surface area (Å²) in [7, 11) is 2.27. The molecule has 16 heavy (non-hydrogen) atoms. The second-order valence-corrected chi connectivity index (χ2v) is 7.15. The van der Waals surface area contributed by atoms with Crippen molar-refractivity contribution in [1.82, 2.24) is 4.90 Å². The van der Waals surface area contributed by atoms with Crippen LogP contribution < -0.4 is 5.73 Å². The van der Waals surface area contributed by atoms with Crippen molar-refractivity contribution in [2.45, 2.75) is 50.6 Å². The number of hydrogen-bond donors (Lipinski definition) is 1. The first-order chi connectivity index (χ1) is 7.59. The second kappa shape index (κ2) is 5.28. The number of nitrogens with zero attached hydrogens (tertiary/aromatic N) is 1. The maximum atomic E-state index is 6.57. The fourth-order valence-electron chi connectivity index (χ4n) is 3.34. The van der Waals surface area contributed by atoms with Crippen LogP contribution in [0.2, 0.25) is 0 Å². The van der Waals surface area contributed by atoms with Gasteiger partial charge in [-0.05, 0) is 38.0 Å². The molecule has 94 valence electrons. The Morgan fingerprint density at radius 1 is 1.44 bits per heavy atom. The summed E-state index contributed by atoms with van der Waals surface area (Å²) in [5, 5.41) is 0. The fraction of sp³-hybridized carbons (Fsp3) is 1.00. The van der Waals surface area contributed by atoms with Gasteiger partial charge in [0.1, 0.15) is 0 Å². The van der Waals surface area contributed by atoms with E-state index in [9.17, 15) is 0 Å². The summed E-state index contributed by atoms with van der Waals surface area (Å²) in [6.45, 7) is 3.45. The molecule has 2 fully saturated rings. The quantitative estimate of drug-likeness (QED) is 0.823. The van der Waals surface area contributed by atoms with Crippen LogP contribution >= 0.6 is 11.8 Å². The zero-order valence-electron chi connectivity index (χ0n) is 10.7. The summed E-state index contributed by atoms with van der Waals surface area (Å²) in [5.41, 5.74) is 6.67. The highest BCUT2D eigenvalue weighted by atomic mass is 32.2. The van der Waals surface area contributed by atoms with E-state index < -0.39 is 0 Å². The highest BCUT2D eigenvalue weighted by molar-refractivity contribution is 7.99. The number of thioether (sulfide) groups is 1. The first-order valence-electron chi connectivity index (χ1n) is 6.66. The Balaban J connectivity index is 1.86. The van der Waals surface area contributed by atoms with Gasteiger partial charge >= 0.3 is 0 Å². The summed E-state index contributed by atoms with van der Waals surface area (Å²) in [6, 6.07) is 0.780. The topological polar surface area (TPSA) is 29.3 Å². The molecule has 0 bridgehead atoms. The lowest BCUT2D eigenvalue weighted by Crippen LogP contribution is -2.53. The molecule has 1 saturated carbocycles. The van der Waals surface area contributed by atoms with Gasteiger partial charge < -0.3 is 10.6 Å². The Morgan fingerprint density at radius 3 is 2.88 bits per heavy atom. The Morgan fingerprint density at radius 2 is 2.25 bits per heavy atom. The van der Waals surface area contributed by atoms with Gasteiger partial charge in [-0.15, -0.1) is 0 Å². The van der Waals surface area contributed by atoms with Crippen LogP contribution in [0.5, 0.6) is 0 Å². The first-order valence-corrected chi connectivity index (χ1v) is 7.81. The van der Waals surface area contributed by atoms with Gasteiger partial charge in [0.15, 0.2) is 0 Å². The highest BCUT2D eigenvalue weighted by Gasteiger charge is 2.34. The minimum Gasteiger partial charge on any atom is -0.324 e. The van der Waals surface area contributed by atoms with E-state index in [2.05, 4.69) is 30.6 Å². The van der Waals surface area contributed by atoms with E-state index in [0.717, 1.165) is 18.5 Å². The Hall–Kier alpha value is 0.270. The van der Waals surface area contributed by atoms with Gasteiger partial charge in [-0.3, -0.25) is 0 Å². The molecular formula is C13H26N2S. The molecule has 2 N–H and O–H groups in total. The second-order valence-electron chi connectivity index (χ2n) is 6.00. The lowest BCUT2D eigenvalue weighted by molar-refractivity contribution is 0.146. The van der Waals surface area contributed by atoms with Crippen LogP contribution in [0, 0.1) is 5.92 Å². The van der Waals surface area contributed by atoms with Crippen LogP contribution in [-0.4, -0.2) is 41.6 Å². The molecule has 0 aromatic carbocycles. The van der Waals surface area contributed by atoms with Gasteiger partial charge in [0.05, 0.1) is 0 Å². The smallest absolute Gasteiger partial charge is 0.0285 e. The minimum atomic E-state index is 0.0969. The van der Waals surface area contributed by atoms with Crippen molar-refractivity contribution in [1.29, 1.82) is 0 Å². The summed E-state index contributed by atoms with van der Waals surface area (Å²) < 4.78 is 0. The van der Waals surface area contributed by atoms with Crippen LogP contribution in [0.3, 0.4) is 0 Å². The van der Waals surface area contributed by atoms with Crippen LogP contribution in [0.4, 0.5) is 0 Å². The molecule has 0 aromatic rings.